The minimum Gasteiger partial charge on any atom is -0.481 e. The van der Waals surface area contributed by atoms with Crippen molar-refractivity contribution in [3.63, 3.8) is 0 Å². The van der Waals surface area contributed by atoms with Crippen LogP contribution in [0, 0.1) is 0 Å². The molecule has 0 fully saturated rings. The normalized spacial score (nSPS) is 12.4. The van der Waals surface area contributed by atoms with E-state index in [2.05, 4.69) is 4.98 Å². The van der Waals surface area contributed by atoms with E-state index in [4.69, 9.17) is 10.8 Å². The highest BCUT2D eigenvalue weighted by Crippen LogP contribution is 2.14. The Bertz CT molecular complexity index is 287. The maximum absolute atomic E-state index is 10.3. The Kier molecular flexibility index (Phi) is 4.07. The molecule has 0 aliphatic heterocycles. The van der Waals surface area contributed by atoms with Gasteiger partial charge in [0.15, 0.2) is 0 Å². The lowest BCUT2D eigenvalue weighted by atomic mass is 10.0. The van der Waals surface area contributed by atoms with Crippen LogP contribution in [-0.2, 0) is 4.79 Å². The molecule has 1 unspecified atom stereocenters. The van der Waals surface area contributed by atoms with Gasteiger partial charge < -0.3 is 10.8 Å². The van der Waals surface area contributed by atoms with Crippen LogP contribution in [0.4, 0.5) is 0 Å². The van der Waals surface area contributed by atoms with Crippen LogP contribution in [-0.4, -0.2) is 16.1 Å². The van der Waals surface area contributed by atoms with Gasteiger partial charge in [-0.2, -0.15) is 0 Å². The number of aliphatic carboxylic acids is 1. The van der Waals surface area contributed by atoms with E-state index >= 15 is 0 Å². The van der Waals surface area contributed by atoms with E-state index in [1.54, 1.807) is 12.4 Å². The Hall–Kier alpha value is -1.42. The zero-order valence-corrected chi connectivity index (χ0v) is 7.89. The van der Waals surface area contributed by atoms with Gasteiger partial charge in [0, 0.05) is 24.9 Å². The molecule has 3 N–H and O–H groups in total. The summed E-state index contributed by atoms with van der Waals surface area (Å²) in [4.78, 5) is 14.2. The van der Waals surface area contributed by atoms with Gasteiger partial charge >= 0.3 is 5.97 Å². The number of pyridine rings is 1. The van der Waals surface area contributed by atoms with E-state index in [9.17, 15) is 4.79 Å². The Morgan fingerprint density at radius 2 is 2.43 bits per heavy atom. The lowest BCUT2D eigenvalue weighted by Gasteiger charge is -2.09. The second-order valence-corrected chi connectivity index (χ2v) is 3.18. The van der Waals surface area contributed by atoms with Crippen molar-refractivity contribution in [3.8, 4) is 0 Å². The highest BCUT2D eigenvalue weighted by atomic mass is 16.4. The van der Waals surface area contributed by atoms with Crippen LogP contribution in [0.2, 0.25) is 0 Å². The van der Waals surface area contributed by atoms with Crippen molar-refractivity contribution in [1.82, 2.24) is 4.98 Å². The molecule has 0 aliphatic rings. The maximum Gasteiger partial charge on any atom is 0.303 e. The first-order chi connectivity index (χ1) is 6.70. The highest BCUT2D eigenvalue weighted by Gasteiger charge is 2.06. The van der Waals surface area contributed by atoms with Gasteiger partial charge in [-0.25, -0.2) is 0 Å². The zero-order chi connectivity index (χ0) is 10.4. The van der Waals surface area contributed by atoms with Crippen molar-refractivity contribution in [2.45, 2.75) is 25.3 Å². The molecule has 76 valence electrons. The average molecular weight is 194 g/mol. The zero-order valence-electron chi connectivity index (χ0n) is 7.89. The molecule has 4 nitrogen and oxygen atoms in total. The number of hydrogen-bond acceptors (Lipinski definition) is 3. The fourth-order valence-electron chi connectivity index (χ4n) is 1.24. The highest BCUT2D eigenvalue weighted by molar-refractivity contribution is 5.66. The van der Waals surface area contributed by atoms with Gasteiger partial charge in [-0.1, -0.05) is 6.07 Å². The summed E-state index contributed by atoms with van der Waals surface area (Å²) >= 11 is 0. The Balaban J connectivity index is 2.36. The van der Waals surface area contributed by atoms with Gasteiger partial charge in [0.1, 0.15) is 0 Å². The lowest BCUT2D eigenvalue weighted by Crippen LogP contribution is -2.11. The predicted octanol–water partition coefficient (Wildman–Crippen LogP) is 1.34. The van der Waals surface area contributed by atoms with Crippen LogP contribution in [0.1, 0.15) is 30.9 Å². The summed E-state index contributed by atoms with van der Waals surface area (Å²) in [6.45, 7) is 0. The molecule has 1 rings (SSSR count). The van der Waals surface area contributed by atoms with Crippen LogP contribution in [0.25, 0.3) is 0 Å². The fourth-order valence-corrected chi connectivity index (χ4v) is 1.24. The summed E-state index contributed by atoms with van der Waals surface area (Å²) in [7, 11) is 0. The maximum atomic E-state index is 10.3. The topological polar surface area (TPSA) is 76.2 Å². The van der Waals surface area contributed by atoms with Crippen LogP contribution in [0.15, 0.2) is 24.5 Å². The van der Waals surface area contributed by atoms with Gasteiger partial charge in [-0.3, -0.25) is 9.78 Å². The van der Waals surface area contributed by atoms with Crippen LogP contribution in [0.5, 0.6) is 0 Å². The molecule has 4 heteroatoms. The van der Waals surface area contributed by atoms with Gasteiger partial charge in [-0.05, 0) is 24.5 Å². The molecule has 0 saturated heterocycles. The molecule has 1 heterocycles. The van der Waals surface area contributed by atoms with Gasteiger partial charge in [0.25, 0.3) is 0 Å². The van der Waals surface area contributed by atoms with E-state index < -0.39 is 5.97 Å². The molecule has 1 aromatic heterocycles. The largest absolute Gasteiger partial charge is 0.481 e. The first kappa shape index (κ1) is 10.7. The van der Waals surface area contributed by atoms with E-state index in [-0.39, 0.29) is 12.5 Å². The molecule has 0 bridgehead atoms. The third kappa shape index (κ3) is 3.53. The first-order valence-corrected chi connectivity index (χ1v) is 4.57. The summed E-state index contributed by atoms with van der Waals surface area (Å²) in [5.41, 5.74) is 6.80. The number of nitrogens with two attached hydrogens (primary N) is 1. The van der Waals surface area contributed by atoms with Gasteiger partial charge in [-0.15, -0.1) is 0 Å². The standard InChI is InChI=1S/C10H14N2O2/c11-9(4-1-5-10(13)14)8-3-2-6-12-7-8/h2-3,6-7,9H,1,4-5,11H2,(H,13,14). The summed E-state index contributed by atoms with van der Waals surface area (Å²) in [5, 5.41) is 8.44. The van der Waals surface area contributed by atoms with Crippen molar-refractivity contribution in [1.29, 1.82) is 0 Å². The minimum atomic E-state index is -0.775. The number of hydrogen-bond donors (Lipinski definition) is 2. The van der Waals surface area contributed by atoms with Crippen molar-refractivity contribution in [2.24, 2.45) is 5.73 Å². The van der Waals surface area contributed by atoms with Gasteiger partial charge in [0.05, 0.1) is 0 Å². The fraction of sp³-hybridized carbons (Fsp3) is 0.400. The minimum absolute atomic E-state index is 0.108. The summed E-state index contributed by atoms with van der Waals surface area (Å²) in [5.74, 6) is -0.775. The lowest BCUT2D eigenvalue weighted by molar-refractivity contribution is -0.137. The van der Waals surface area contributed by atoms with E-state index in [1.807, 2.05) is 12.1 Å². The summed E-state index contributed by atoms with van der Waals surface area (Å²) < 4.78 is 0. The van der Waals surface area contributed by atoms with Crippen molar-refractivity contribution < 1.29 is 9.90 Å². The molecule has 14 heavy (non-hydrogen) atoms. The van der Waals surface area contributed by atoms with Crippen molar-refractivity contribution in [2.75, 3.05) is 0 Å². The molecule has 0 aromatic carbocycles. The number of nitrogens with zero attached hydrogens (tertiary/aromatic N) is 1. The van der Waals surface area contributed by atoms with E-state index in [0.717, 1.165) is 5.56 Å². The number of carbonyl (C=O) groups is 1. The van der Waals surface area contributed by atoms with Crippen LogP contribution in [0.3, 0.4) is 0 Å². The van der Waals surface area contributed by atoms with Crippen molar-refractivity contribution >= 4 is 5.97 Å². The quantitative estimate of drug-likeness (QED) is 0.741. The van der Waals surface area contributed by atoms with Crippen molar-refractivity contribution in [3.05, 3.63) is 30.1 Å². The summed E-state index contributed by atoms with van der Waals surface area (Å²) in [6, 6.07) is 3.62. The molecule has 0 amide bonds. The number of aromatic nitrogens is 1. The molecule has 0 radical (unpaired) electrons. The smallest absolute Gasteiger partial charge is 0.303 e. The molecule has 1 aromatic rings. The summed E-state index contributed by atoms with van der Waals surface area (Å²) in [6.07, 6.45) is 4.86. The van der Waals surface area contributed by atoms with Crippen LogP contribution >= 0.6 is 0 Å². The second-order valence-electron chi connectivity index (χ2n) is 3.18. The Morgan fingerprint density at radius 1 is 1.64 bits per heavy atom. The molecule has 1 atom stereocenters. The van der Waals surface area contributed by atoms with E-state index in [1.165, 1.54) is 0 Å². The average Bonchev–Trinajstić information content (AvgIpc) is 2.18. The Morgan fingerprint density at radius 3 is 3.00 bits per heavy atom. The number of carboxylic acids is 1. The molecule has 0 saturated carbocycles. The molecular formula is C10H14N2O2. The van der Waals surface area contributed by atoms with E-state index in [0.29, 0.717) is 12.8 Å². The van der Waals surface area contributed by atoms with Crippen LogP contribution < -0.4 is 5.73 Å². The second kappa shape index (κ2) is 5.34. The third-order valence-electron chi connectivity index (χ3n) is 2.02. The number of rotatable bonds is 5. The predicted molar refractivity (Wildman–Crippen MR) is 52.7 cm³/mol. The SMILES string of the molecule is NC(CCCC(=O)O)c1cccnc1. The molecular weight excluding hydrogens is 180 g/mol. The van der Waals surface area contributed by atoms with Gasteiger partial charge in [0.2, 0.25) is 0 Å². The molecule has 0 spiro atoms. The first-order valence-electron chi connectivity index (χ1n) is 4.57. The monoisotopic (exact) mass is 194 g/mol. The third-order valence-corrected chi connectivity index (χ3v) is 2.02. The Labute approximate surface area is 82.8 Å². The number of carboxylic acid groups (broad SMARTS) is 1. The molecule has 0 aliphatic carbocycles.